The van der Waals surface area contributed by atoms with E-state index in [1.165, 1.54) is 11.1 Å². The van der Waals surface area contributed by atoms with E-state index in [0.29, 0.717) is 5.69 Å². The van der Waals surface area contributed by atoms with Crippen molar-refractivity contribution in [1.29, 1.82) is 0 Å². The molecule has 2 heterocycles. The number of benzene rings is 1. The lowest BCUT2D eigenvalue weighted by molar-refractivity contribution is 0.739. The molecule has 94 valence electrons. The largest absolute Gasteiger partial charge is 0.397 e. The van der Waals surface area contributed by atoms with Crippen molar-refractivity contribution >= 4 is 34.6 Å². The standard InChI is InChI=1S/C13H14N4.ClH/c14-12-8-16-17-13-2-1-10(7-11(12)13)9-3-5-15-6-4-9;/h1-3,7-8,15H,4-6H2,(H2,14,17);1H. The van der Waals surface area contributed by atoms with Crippen LogP contribution in [0.5, 0.6) is 0 Å². The highest BCUT2D eigenvalue weighted by atomic mass is 35.5. The number of rotatable bonds is 1. The van der Waals surface area contributed by atoms with Gasteiger partial charge in [-0.15, -0.1) is 12.4 Å². The number of halogens is 1. The molecule has 1 aromatic heterocycles. The molecular weight excluding hydrogens is 248 g/mol. The summed E-state index contributed by atoms with van der Waals surface area (Å²) in [6, 6.07) is 6.18. The number of nitrogens with one attached hydrogen (secondary N) is 1. The van der Waals surface area contributed by atoms with Gasteiger partial charge in [-0.25, -0.2) is 0 Å². The van der Waals surface area contributed by atoms with E-state index >= 15 is 0 Å². The van der Waals surface area contributed by atoms with Crippen molar-refractivity contribution in [2.45, 2.75) is 6.42 Å². The lowest BCUT2D eigenvalue weighted by Gasteiger charge is -2.14. The van der Waals surface area contributed by atoms with Crippen molar-refractivity contribution in [2.75, 3.05) is 18.8 Å². The third-order valence-electron chi connectivity index (χ3n) is 3.10. The first-order valence-corrected chi connectivity index (χ1v) is 5.75. The Bertz CT molecular complexity index is 595. The molecule has 1 aromatic carbocycles. The van der Waals surface area contributed by atoms with Crippen LogP contribution in [0.3, 0.4) is 0 Å². The molecule has 0 radical (unpaired) electrons. The van der Waals surface area contributed by atoms with Gasteiger partial charge in [0.2, 0.25) is 0 Å². The number of anilines is 1. The zero-order valence-corrected chi connectivity index (χ0v) is 10.7. The number of aromatic nitrogens is 2. The summed E-state index contributed by atoms with van der Waals surface area (Å²) in [7, 11) is 0. The minimum absolute atomic E-state index is 0. The Balaban J connectivity index is 0.00000120. The van der Waals surface area contributed by atoms with Gasteiger partial charge in [0, 0.05) is 11.9 Å². The lowest BCUT2D eigenvalue weighted by atomic mass is 9.98. The molecule has 2 aromatic rings. The Kier molecular flexibility index (Phi) is 3.79. The van der Waals surface area contributed by atoms with Crippen LogP contribution in [-0.2, 0) is 0 Å². The number of hydrogen-bond acceptors (Lipinski definition) is 4. The quantitative estimate of drug-likeness (QED) is 0.825. The second kappa shape index (κ2) is 5.33. The summed E-state index contributed by atoms with van der Waals surface area (Å²) >= 11 is 0. The molecule has 1 aliphatic heterocycles. The zero-order chi connectivity index (χ0) is 11.7. The zero-order valence-electron chi connectivity index (χ0n) is 9.89. The van der Waals surface area contributed by atoms with Gasteiger partial charge >= 0.3 is 0 Å². The van der Waals surface area contributed by atoms with Crippen LogP contribution in [-0.4, -0.2) is 23.3 Å². The molecule has 0 spiro atoms. The summed E-state index contributed by atoms with van der Waals surface area (Å²) in [6.07, 6.45) is 4.89. The summed E-state index contributed by atoms with van der Waals surface area (Å²) in [5.41, 5.74) is 10.1. The van der Waals surface area contributed by atoms with Gasteiger partial charge in [-0.2, -0.15) is 10.2 Å². The summed E-state index contributed by atoms with van der Waals surface area (Å²) in [4.78, 5) is 0. The van der Waals surface area contributed by atoms with Gasteiger partial charge in [-0.05, 0) is 36.2 Å². The van der Waals surface area contributed by atoms with Gasteiger partial charge in [0.05, 0.1) is 17.4 Å². The van der Waals surface area contributed by atoms with Crippen molar-refractivity contribution in [3.05, 3.63) is 36.0 Å². The van der Waals surface area contributed by atoms with Crippen LogP contribution in [0.2, 0.25) is 0 Å². The Labute approximate surface area is 112 Å². The number of hydrogen-bond donors (Lipinski definition) is 2. The molecule has 0 saturated heterocycles. The van der Waals surface area contributed by atoms with Crippen LogP contribution in [0.4, 0.5) is 5.69 Å². The third-order valence-corrected chi connectivity index (χ3v) is 3.10. The fourth-order valence-corrected chi connectivity index (χ4v) is 2.16. The molecule has 0 amide bonds. The van der Waals surface area contributed by atoms with Gasteiger partial charge in [-0.1, -0.05) is 12.1 Å². The highest BCUT2D eigenvalue weighted by Gasteiger charge is 2.07. The van der Waals surface area contributed by atoms with Crippen LogP contribution >= 0.6 is 12.4 Å². The maximum Gasteiger partial charge on any atom is 0.0950 e. The Morgan fingerprint density at radius 1 is 1.28 bits per heavy atom. The Hall–Kier alpha value is -1.65. The summed E-state index contributed by atoms with van der Waals surface area (Å²) in [5.74, 6) is 0. The second-order valence-electron chi connectivity index (χ2n) is 4.22. The van der Waals surface area contributed by atoms with E-state index in [1.54, 1.807) is 6.20 Å². The van der Waals surface area contributed by atoms with Crippen molar-refractivity contribution in [1.82, 2.24) is 15.5 Å². The lowest BCUT2D eigenvalue weighted by Crippen LogP contribution is -2.19. The van der Waals surface area contributed by atoms with Gasteiger partial charge in [0.25, 0.3) is 0 Å². The normalized spacial score (nSPS) is 15.0. The number of nitrogens with two attached hydrogens (primary N) is 1. The molecule has 3 rings (SSSR count). The summed E-state index contributed by atoms with van der Waals surface area (Å²) < 4.78 is 0. The predicted octanol–water partition coefficient (Wildman–Crippen LogP) is 2.01. The van der Waals surface area contributed by atoms with Gasteiger partial charge < -0.3 is 11.1 Å². The van der Waals surface area contributed by atoms with Crippen LogP contribution < -0.4 is 11.1 Å². The van der Waals surface area contributed by atoms with E-state index in [9.17, 15) is 0 Å². The topological polar surface area (TPSA) is 63.8 Å². The van der Waals surface area contributed by atoms with Gasteiger partial charge in [0.15, 0.2) is 0 Å². The molecule has 5 heteroatoms. The van der Waals surface area contributed by atoms with Gasteiger partial charge in [-0.3, -0.25) is 0 Å². The summed E-state index contributed by atoms with van der Waals surface area (Å²) in [5, 5.41) is 12.2. The maximum atomic E-state index is 5.92. The highest BCUT2D eigenvalue weighted by molar-refractivity contribution is 5.91. The Morgan fingerprint density at radius 3 is 2.94 bits per heavy atom. The molecule has 0 saturated carbocycles. The number of nitrogen functional groups attached to an aromatic ring is 1. The van der Waals surface area contributed by atoms with E-state index in [2.05, 4.69) is 33.7 Å². The van der Waals surface area contributed by atoms with Crippen LogP contribution in [0.15, 0.2) is 30.5 Å². The van der Waals surface area contributed by atoms with E-state index in [1.807, 2.05) is 6.07 Å². The average molecular weight is 263 g/mol. The van der Waals surface area contributed by atoms with Crippen LogP contribution in [0, 0.1) is 0 Å². The van der Waals surface area contributed by atoms with E-state index in [-0.39, 0.29) is 12.4 Å². The van der Waals surface area contributed by atoms with Crippen LogP contribution in [0.1, 0.15) is 12.0 Å². The predicted molar refractivity (Wildman–Crippen MR) is 76.7 cm³/mol. The molecule has 1 aliphatic rings. The monoisotopic (exact) mass is 262 g/mol. The fourth-order valence-electron chi connectivity index (χ4n) is 2.16. The molecule has 0 fully saturated rings. The van der Waals surface area contributed by atoms with Crippen molar-refractivity contribution in [3.63, 3.8) is 0 Å². The van der Waals surface area contributed by atoms with Crippen LogP contribution in [0.25, 0.3) is 16.5 Å². The summed E-state index contributed by atoms with van der Waals surface area (Å²) in [6.45, 7) is 1.98. The first-order chi connectivity index (χ1) is 8.34. The van der Waals surface area contributed by atoms with E-state index in [0.717, 1.165) is 30.4 Å². The SMILES string of the molecule is Cl.Nc1cnnc2ccc(C3=CCNCC3)cc12. The molecule has 0 atom stereocenters. The molecule has 0 aliphatic carbocycles. The third kappa shape index (κ3) is 2.30. The molecule has 0 bridgehead atoms. The molecule has 4 nitrogen and oxygen atoms in total. The van der Waals surface area contributed by atoms with E-state index in [4.69, 9.17) is 5.73 Å². The first-order valence-electron chi connectivity index (χ1n) is 5.75. The molecular formula is C13H15ClN4. The number of nitrogens with zero attached hydrogens (tertiary/aromatic N) is 2. The minimum atomic E-state index is 0. The molecule has 18 heavy (non-hydrogen) atoms. The Morgan fingerprint density at radius 2 is 2.17 bits per heavy atom. The smallest absolute Gasteiger partial charge is 0.0950 e. The highest BCUT2D eigenvalue weighted by Crippen LogP contribution is 2.25. The average Bonchev–Trinajstić information content (AvgIpc) is 2.40. The maximum absolute atomic E-state index is 5.92. The van der Waals surface area contributed by atoms with E-state index < -0.39 is 0 Å². The first kappa shape index (κ1) is 12.8. The van der Waals surface area contributed by atoms with Crippen molar-refractivity contribution < 1.29 is 0 Å². The van der Waals surface area contributed by atoms with Gasteiger partial charge in [0.1, 0.15) is 0 Å². The molecule has 0 unspecified atom stereocenters. The second-order valence-corrected chi connectivity index (χ2v) is 4.22. The molecule has 3 N–H and O–H groups in total. The minimum Gasteiger partial charge on any atom is -0.397 e. The van der Waals surface area contributed by atoms with Crippen molar-refractivity contribution in [2.24, 2.45) is 0 Å². The fraction of sp³-hybridized carbons (Fsp3) is 0.231. The van der Waals surface area contributed by atoms with Crippen molar-refractivity contribution in [3.8, 4) is 0 Å². The number of fused-ring (bicyclic) bond motifs is 1.